The van der Waals surface area contributed by atoms with Crippen molar-refractivity contribution in [2.24, 2.45) is 17.8 Å². The second kappa shape index (κ2) is 3.17. The molecular weight excluding hydrogens is 180 g/mol. The molecule has 3 heteroatoms. The summed E-state index contributed by atoms with van der Waals surface area (Å²) in [5, 5.41) is 0. The summed E-state index contributed by atoms with van der Waals surface area (Å²) in [6, 6.07) is 0. The smallest absolute Gasteiger partial charge is 0.167 e. The lowest BCUT2D eigenvalue weighted by Crippen LogP contribution is -2.44. The molecular formula is C11H14O3. The Bertz CT molecular complexity index is 274. The maximum Gasteiger partial charge on any atom is 0.167 e. The third-order valence-corrected chi connectivity index (χ3v) is 3.71. The first-order valence-corrected chi connectivity index (χ1v) is 5.27. The minimum Gasteiger partial charge on any atom is -0.349 e. The Morgan fingerprint density at radius 1 is 1.21 bits per heavy atom. The van der Waals surface area contributed by atoms with E-state index >= 15 is 0 Å². The van der Waals surface area contributed by atoms with Crippen molar-refractivity contribution in [2.45, 2.75) is 25.2 Å². The molecule has 0 amide bonds. The van der Waals surface area contributed by atoms with Crippen molar-refractivity contribution in [3.05, 3.63) is 12.2 Å². The normalized spacial score (nSPS) is 50.1. The Morgan fingerprint density at radius 3 is 2.79 bits per heavy atom. The second-order valence-corrected chi connectivity index (χ2v) is 4.36. The van der Waals surface area contributed by atoms with Gasteiger partial charge in [-0.25, -0.2) is 0 Å². The SMILES string of the molecule is O=C[C@H]1[C@@H]2OC[C@@H](O2)[C@H]2CC=CC[C@@H]12. The van der Waals surface area contributed by atoms with Crippen molar-refractivity contribution < 1.29 is 14.3 Å². The molecule has 2 saturated heterocycles. The Labute approximate surface area is 83.1 Å². The van der Waals surface area contributed by atoms with E-state index in [1.165, 1.54) is 0 Å². The van der Waals surface area contributed by atoms with Gasteiger partial charge in [0.1, 0.15) is 6.29 Å². The largest absolute Gasteiger partial charge is 0.349 e. The summed E-state index contributed by atoms with van der Waals surface area (Å²) >= 11 is 0. The molecule has 2 fully saturated rings. The lowest BCUT2D eigenvalue weighted by Gasteiger charge is -2.40. The van der Waals surface area contributed by atoms with Crippen LogP contribution in [0.2, 0.25) is 0 Å². The standard InChI is InChI=1S/C11H14O3/c12-5-9-7-3-1-2-4-8(7)10-6-13-11(9)14-10/h1-2,5,7-11H,3-4,6H2/t7-,8+,9-,10-,11-/m1/s1. The molecule has 0 aromatic heterocycles. The van der Waals surface area contributed by atoms with E-state index in [9.17, 15) is 4.79 Å². The van der Waals surface area contributed by atoms with Crippen LogP contribution in [-0.2, 0) is 14.3 Å². The zero-order chi connectivity index (χ0) is 9.54. The number of hydrogen-bond acceptors (Lipinski definition) is 3. The molecule has 0 aromatic rings. The second-order valence-electron chi connectivity index (χ2n) is 4.36. The maximum absolute atomic E-state index is 11.0. The number of aldehydes is 1. The molecule has 76 valence electrons. The Kier molecular flexibility index (Phi) is 1.96. The first kappa shape index (κ1) is 8.62. The van der Waals surface area contributed by atoms with Crippen LogP contribution in [0.4, 0.5) is 0 Å². The lowest BCUT2D eigenvalue weighted by molar-refractivity contribution is -0.165. The Morgan fingerprint density at radius 2 is 2.00 bits per heavy atom. The average molecular weight is 194 g/mol. The highest BCUT2D eigenvalue weighted by Crippen LogP contribution is 2.44. The Hall–Kier alpha value is -0.670. The van der Waals surface area contributed by atoms with Gasteiger partial charge in [0.2, 0.25) is 0 Å². The molecule has 0 N–H and O–H groups in total. The van der Waals surface area contributed by atoms with Gasteiger partial charge in [-0.2, -0.15) is 0 Å². The topological polar surface area (TPSA) is 35.5 Å². The molecule has 3 aliphatic rings. The average Bonchev–Trinajstić information content (AvgIpc) is 2.65. The molecule has 0 spiro atoms. The van der Waals surface area contributed by atoms with Gasteiger partial charge in [0, 0.05) is 0 Å². The highest BCUT2D eigenvalue weighted by molar-refractivity contribution is 5.55. The van der Waals surface area contributed by atoms with Crippen molar-refractivity contribution >= 4 is 6.29 Å². The molecule has 3 nitrogen and oxygen atoms in total. The van der Waals surface area contributed by atoms with Gasteiger partial charge in [0.25, 0.3) is 0 Å². The van der Waals surface area contributed by atoms with Gasteiger partial charge in [-0.05, 0) is 24.7 Å². The monoisotopic (exact) mass is 194 g/mol. The molecule has 2 heterocycles. The zero-order valence-corrected chi connectivity index (χ0v) is 7.96. The highest BCUT2D eigenvalue weighted by Gasteiger charge is 2.49. The van der Waals surface area contributed by atoms with Crippen LogP contribution in [0.3, 0.4) is 0 Å². The summed E-state index contributed by atoms with van der Waals surface area (Å²) in [4.78, 5) is 11.0. The number of carbonyl (C=O) groups is 1. The van der Waals surface area contributed by atoms with Crippen molar-refractivity contribution in [2.75, 3.05) is 6.61 Å². The van der Waals surface area contributed by atoms with E-state index in [0.717, 1.165) is 19.1 Å². The zero-order valence-electron chi connectivity index (χ0n) is 7.96. The van der Waals surface area contributed by atoms with Crippen LogP contribution in [0.5, 0.6) is 0 Å². The molecule has 1 aliphatic carbocycles. The third-order valence-electron chi connectivity index (χ3n) is 3.71. The van der Waals surface area contributed by atoms with E-state index in [1.54, 1.807) is 0 Å². The molecule has 2 aliphatic heterocycles. The molecule has 2 bridgehead atoms. The third kappa shape index (κ3) is 1.09. The molecule has 0 aromatic carbocycles. The molecule has 0 radical (unpaired) electrons. The quantitative estimate of drug-likeness (QED) is 0.464. The predicted octanol–water partition coefficient (Wildman–Crippen LogP) is 1.14. The van der Waals surface area contributed by atoms with E-state index in [4.69, 9.17) is 9.47 Å². The van der Waals surface area contributed by atoms with E-state index in [1.807, 2.05) is 0 Å². The summed E-state index contributed by atoms with van der Waals surface area (Å²) in [7, 11) is 0. The highest BCUT2D eigenvalue weighted by atomic mass is 16.7. The van der Waals surface area contributed by atoms with E-state index in [-0.39, 0.29) is 18.3 Å². The number of ether oxygens (including phenoxy) is 2. The first-order chi connectivity index (χ1) is 6.90. The van der Waals surface area contributed by atoms with Crippen LogP contribution in [0, 0.1) is 17.8 Å². The number of rotatable bonds is 1. The van der Waals surface area contributed by atoms with Gasteiger partial charge in [0.05, 0.1) is 18.6 Å². The lowest BCUT2D eigenvalue weighted by atomic mass is 9.72. The van der Waals surface area contributed by atoms with Gasteiger partial charge in [-0.1, -0.05) is 12.2 Å². The summed E-state index contributed by atoms with van der Waals surface area (Å²) < 4.78 is 11.2. The van der Waals surface area contributed by atoms with Crippen LogP contribution in [0.1, 0.15) is 12.8 Å². The number of hydrogen-bond donors (Lipinski definition) is 0. The molecule has 0 unspecified atom stereocenters. The minimum absolute atomic E-state index is 0.0521. The van der Waals surface area contributed by atoms with Crippen molar-refractivity contribution in [3.8, 4) is 0 Å². The van der Waals surface area contributed by atoms with Crippen molar-refractivity contribution in [1.82, 2.24) is 0 Å². The van der Waals surface area contributed by atoms with Gasteiger partial charge in [-0.15, -0.1) is 0 Å². The number of allylic oxidation sites excluding steroid dienone is 2. The van der Waals surface area contributed by atoms with Gasteiger partial charge >= 0.3 is 0 Å². The molecule has 3 rings (SSSR count). The summed E-state index contributed by atoms with van der Waals surface area (Å²) in [6.07, 6.45) is 7.41. The van der Waals surface area contributed by atoms with Crippen LogP contribution < -0.4 is 0 Å². The number of fused-ring (bicyclic) bond motifs is 4. The summed E-state index contributed by atoms with van der Waals surface area (Å²) in [5.41, 5.74) is 0. The molecule has 0 saturated carbocycles. The fourth-order valence-corrected chi connectivity index (χ4v) is 2.96. The number of carbonyl (C=O) groups excluding carboxylic acids is 1. The molecule has 14 heavy (non-hydrogen) atoms. The fraction of sp³-hybridized carbons (Fsp3) is 0.727. The van der Waals surface area contributed by atoms with Crippen LogP contribution >= 0.6 is 0 Å². The Balaban J connectivity index is 1.92. The van der Waals surface area contributed by atoms with Crippen molar-refractivity contribution in [3.63, 3.8) is 0 Å². The first-order valence-electron chi connectivity index (χ1n) is 5.27. The van der Waals surface area contributed by atoms with Crippen LogP contribution in [-0.4, -0.2) is 25.3 Å². The predicted molar refractivity (Wildman–Crippen MR) is 49.5 cm³/mol. The summed E-state index contributed by atoms with van der Waals surface area (Å²) in [5.74, 6) is 0.890. The van der Waals surface area contributed by atoms with Gasteiger partial charge in [-0.3, -0.25) is 0 Å². The molecule has 5 atom stereocenters. The van der Waals surface area contributed by atoms with E-state index in [2.05, 4.69) is 12.2 Å². The summed E-state index contributed by atoms with van der Waals surface area (Å²) in [6.45, 7) is 0.671. The van der Waals surface area contributed by atoms with Crippen LogP contribution in [0.25, 0.3) is 0 Å². The van der Waals surface area contributed by atoms with Gasteiger partial charge < -0.3 is 14.3 Å². The van der Waals surface area contributed by atoms with Crippen molar-refractivity contribution in [1.29, 1.82) is 0 Å². The fourth-order valence-electron chi connectivity index (χ4n) is 2.96. The maximum atomic E-state index is 11.0. The minimum atomic E-state index is -0.259. The van der Waals surface area contributed by atoms with Gasteiger partial charge in [0.15, 0.2) is 6.29 Å². The van der Waals surface area contributed by atoms with Crippen LogP contribution in [0.15, 0.2) is 12.2 Å². The van der Waals surface area contributed by atoms with E-state index in [0.29, 0.717) is 18.4 Å². The van der Waals surface area contributed by atoms with E-state index < -0.39 is 0 Å².